The lowest BCUT2D eigenvalue weighted by Crippen LogP contribution is -2.62. The molecule has 28 heteroatoms. The number of carboxylic acid groups (broad SMARTS) is 3. The van der Waals surface area contributed by atoms with Gasteiger partial charge >= 0.3 is 17.9 Å². The van der Waals surface area contributed by atoms with Crippen LogP contribution in [0.25, 0.3) is 0 Å². The first kappa shape index (κ1) is 69.2. The number of phenolic OH excluding ortho intramolecular Hbond substituents is 1. The van der Waals surface area contributed by atoms with E-state index >= 15 is 0 Å². The van der Waals surface area contributed by atoms with Crippen molar-refractivity contribution in [2.45, 2.75) is 152 Å². The van der Waals surface area contributed by atoms with Crippen molar-refractivity contribution in [1.29, 1.82) is 0 Å². The van der Waals surface area contributed by atoms with Crippen LogP contribution in [-0.4, -0.2) is 164 Å². The highest BCUT2D eigenvalue weighted by Gasteiger charge is 2.37. The van der Waals surface area contributed by atoms with Crippen LogP contribution in [0, 0.1) is 5.92 Å². The lowest BCUT2D eigenvalue weighted by molar-refractivity contribution is -0.142. The van der Waals surface area contributed by atoms with Gasteiger partial charge in [-0.15, -0.1) is 0 Å². The molecule has 10 atom stereocenters. The number of aromatic hydroxyl groups is 1. The SMILES string of the molecule is CC(C)[C@H](NC(=O)[C@@H](N)CCC(=O)O)C(=O)N[C@@H](Cc1ccccc1)C(=O)N[C@@H](CC(=O)O)C(=O)N[C@@H](CCCCN)C(=O)N[C@H](C(=O)N[C@@H](Cc1ccc(O)cc1)C(=O)N[C@@H](CCC(N)=O)C(=O)N[C@@H](Cc1ccccc1)C(=O)O)[C@@H](C)O. The monoisotopic (exact) mass is 1180 g/mol. The van der Waals surface area contributed by atoms with Crippen LogP contribution in [0.2, 0.25) is 0 Å². The molecule has 3 aromatic carbocycles. The topological polar surface area (TPSA) is 480 Å². The first-order valence-electron chi connectivity index (χ1n) is 27.1. The summed E-state index contributed by atoms with van der Waals surface area (Å²) in [5, 5.41) is 69.3. The number of benzene rings is 3. The zero-order chi connectivity index (χ0) is 62.6. The number of nitrogens with two attached hydrogens (primary N) is 3. The third kappa shape index (κ3) is 24.6. The van der Waals surface area contributed by atoms with E-state index in [-0.39, 0.29) is 50.8 Å². The molecule has 9 amide bonds. The van der Waals surface area contributed by atoms with Crippen molar-refractivity contribution in [3.63, 3.8) is 0 Å². The maximum Gasteiger partial charge on any atom is 0.326 e. The lowest BCUT2D eigenvalue weighted by Gasteiger charge is -2.29. The van der Waals surface area contributed by atoms with E-state index in [0.29, 0.717) is 23.1 Å². The van der Waals surface area contributed by atoms with E-state index in [0.717, 1.165) is 6.92 Å². The number of phenols is 1. The van der Waals surface area contributed by atoms with Crippen LogP contribution in [0.5, 0.6) is 5.75 Å². The fourth-order valence-corrected chi connectivity index (χ4v) is 8.36. The molecule has 0 aliphatic heterocycles. The number of aliphatic hydroxyl groups excluding tert-OH is 1. The highest BCUT2D eigenvalue weighted by molar-refractivity contribution is 5.99. The molecule has 0 spiro atoms. The minimum absolute atomic E-state index is 0.120. The van der Waals surface area contributed by atoms with E-state index < -0.39 is 163 Å². The average Bonchev–Trinajstić information content (AvgIpc) is 3.55. The summed E-state index contributed by atoms with van der Waals surface area (Å²) in [5.74, 6) is -14.3. The van der Waals surface area contributed by atoms with Crippen molar-refractivity contribution < 1.29 is 83.1 Å². The summed E-state index contributed by atoms with van der Waals surface area (Å²) in [6, 6.07) is 7.41. The van der Waals surface area contributed by atoms with Crippen LogP contribution in [0.15, 0.2) is 84.9 Å². The number of unbranched alkanes of at least 4 members (excludes halogenated alkanes) is 1. The van der Waals surface area contributed by atoms with Crippen molar-refractivity contribution in [3.05, 3.63) is 102 Å². The number of hydrogen-bond acceptors (Lipinski definition) is 16. The standard InChI is InChI=1S/C56H77N11O17/c1-30(2)46(66-48(75)36(58)21-24-44(71)72)54(81)63-39(26-32-12-6-4-7-13-32)52(79)62-41(29-45(73)74)53(80)60-37(16-10-11-25-57)50(77)67-47(31(3)68)55(82)64-40(27-34-17-19-35(69)20-18-34)51(78)61-38(22-23-43(59)70)49(76)65-42(56(83)84)28-33-14-8-5-9-15-33/h4-9,12-15,17-20,30-31,36-42,46-47,68-69H,10-11,16,21-29,57-58H2,1-3H3,(H2,59,70)(H,60,80)(H,61,78)(H,62,79)(H,63,81)(H,64,82)(H,65,76)(H,66,75)(H,67,77)(H,71,72)(H,73,74)(H,83,84)/t31-,36+,37+,38+,39+,40+,41+,42+,46+,47+/m1/s1. The average molecular weight is 1180 g/mol. The zero-order valence-electron chi connectivity index (χ0n) is 46.8. The number of amides is 9. The molecule has 0 unspecified atom stereocenters. The van der Waals surface area contributed by atoms with Gasteiger partial charge in [-0.2, -0.15) is 0 Å². The Morgan fingerprint density at radius 2 is 0.869 bits per heavy atom. The van der Waals surface area contributed by atoms with Gasteiger partial charge in [0, 0.05) is 32.1 Å². The quantitative estimate of drug-likeness (QED) is 0.0265. The van der Waals surface area contributed by atoms with E-state index in [2.05, 4.69) is 42.5 Å². The number of hydrogen-bond donors (Lipinski definition) is 16. The highest BCUT2D eigenvalue weighted by atomic mass is 16.4. The van der Waals surface area contributed by atoms with Crippen LogP contribution < -0.4 is 59.7 Å². The lowest BCUT2D eigenvalue weighted by atomic mass is 10.00. The molecular weight excluding hydrogens is 1100 g/mol. The summed E-state index contributed by atoms with van der Waals surface area (Å²) in [5.41, 5.74) is 18.3. The number of carbonyl (C=O) groups is 12. The second kappa shape index (κ2) is 35.1. The van der Waals surface area contributed by atoms with Crippen molar-refractivity contribution in [3.8, 4) is 5.75 Å². The third-order valence-electron chi connectivity index (χ3n) is 13.0. The Labute approximate surface area is 484 Å². The Kier molecular flexibility index (Phi) is 28.9. The number of carboxylic acids is 3. The molecule has 0 radical (unpaired) electrons. The minimum atomic E-state index is -1.94. The predicted molar refractivity (Wildman–Crippen MR) is 300 cm³/mol. The maximum atomic E-state index is 14.2. The van der Waals surface area contributed by atoms with Gasteiger partial charge in [-0.25, -0.2) is 4.79 Å². The van der Waals surface area contributed by atoms with Crippen molar-refractivity contribution in [1.82, 2.24) is 42.5 Å². The fraction of sp³-hybridized carbons (Fsp3) is 0.464. The van der Waals surface area contributed by atoms with E-state index in [1.165, 1.54) is 24.3 Å². The van der Waals surface area contributed by atoms with Crippen LogP contribution in [0.1, 0.15) is 88.8 Å². The van der Waals surface area contributed by atoms with Crippen LogP contribution in [0.4, 0.5) is 0 Å². The van der Waals surface area contributed by atoms with E-state index in [9.17, 15) is 78.0 Å². The van der Waals surface area contributed by atoms with Gasteiger partial charge in [-0.3, -0.25) is 52.7 Å². The number of rotatable bonds is 37. The van der Waals surface area contributed by atoms with Crippen LogP contribution in [-0.2, 0) is 76.8 Å². The molecule has 3 aromatic rings. The third-order valence-corrected chi connectivity index (χ3v) is 13.0. The summed E-state index contributed by atoms with van der Waals surface area (Å²) in [6.45, 7) is 4.38. The Morgan fingerprint density at radius 1 is 0.452 bits per heavy atom. The zero-order valence-corrected chi connectivity index (χ0v) is 46.8. The molecule has 0 aliphatic rings. The van der Waals surface area contributed by atoms with E-state index in [1.54, 1.807) is 74.5 Å². The van der Waals surface area contributed by atoms with Gasteiger partial charge in [0.25, 0.3) is 0 Å². The molecule has 0 saturated carbocycles. The molecule has 84 heavy (non-hydrogen) atoms. The smallest absolute Gasteiger partial charge is 0.326 e. The van der Waals surface area contributed by atoms with E-state index in [4.69, 9.17) is 22.3 Å². The van der Waals surface area contributed by atoms with Crippen molar-refractivity contribution in [2.24, 2.45) is 23.1 Å². The van der Waals surface area contributed by atoms with Crippen molar-refractivity contribution >= 4 is 71.1 Å². The molecule has 0 heterocycles. The van der Waals surface area contributed by atoms with Gasteiger partial charge in [0.15, 0.2) is 0 Å². The van der Waals surface area contributed by atoms with Gasteiger partial charge in [-0.1, -0.05) is 86.6 Å². The number of aliphatic hydroxyl groups is 1. The molecule has 0 saturated heterocycles. The fourth-order valence-electron chi connectivity index (χ4n) is 8.36. The Bertz CT molecular complexity index is 2730. The normalized spacial score (nSPS) is 14.6. The predicted octanol–water partition coefficient (Wildman–Crippen LogP) is -2.52. The molecule has 0 aliphatic carbocycles. The Hall–Kier alpha value is -9.02. The Balaban J connectivity index is 1.94. The molecular formula is C56H77N11O17. The molecule has 458 valence electrons. The van der Waals surface area contributed by atoms with Gasteiger partial charge in [0.2, 0.25) is 53.2 Å². The largest absolute Gasteiger partial charge is 0.508 e. The van der Waals surface area contributed by atoms with Gasteiger partial charge in [0.05, 0.1) is 18.6 Å². The summed E-state index contributed by atoms with van der Waals surface area (Å²) in [4.78, 5) is 159. The van der Waals surface area contributed by atoms with E-state index in [1.807, 2.05) is 0 Å². The highest BCUT2D eigenvalue weighted by Crippen LogP contribution is 2.15. The molecule has 19 N–H and O–H groups in total. The second-order valence-corrected chi connectivity index (χ2v) is 20.3. The summed E-state index contributed by atoms with van der Waals surface area (Å²) in [6.07, 6.45) is -4.91. The molecule has 3 rings (SSSR count). The maximum absolute atomic E-state index is 14.2. The van der Waals surface area contributed by atoms with Crippen LogP contribution in [0.3, 0.4) is 0 Å². The van der Waals surface area contributed by atoms with Crippen LogP contribution >= 0.6 is 0 Å². The number of carbonyl (C=O) groups excluding carboxylic acids is 9. The summed E-state index contributed by atoms with van der Waals surface area (Å²) >= 11 is 0. The minimum Gasteiger partial charge on any atom is -0.508 e. The van der Waals surface area contributed by atoms with Gasteiger partial charge < -0.3 is 85.3 Å². The molecule has 28 nitrogen and oxygen atoms in total. The second-order valence-electron chi connectivity index (χ2n) is 20.3. The number of aliphatic carboxylic acids is 3. The molecule has 0 fully saturated rings. The summed E-state index contributed by atoms with van der Waals surface area (Å²) in [7, 11) is 0. The first-order valence-corrected chi connectivity index (χ1v) is 27.1. The van der Waals surface area contributed by atoms with Crippen molar-refractivity contribution in [2.75, 3.05) is 6.54 Å². The van der Waals surface area contributed by atoms with Gasteiger partial charge in [0.1, 0.15) is 54.1 Å². The molecule has 0 bridgehead atoms. The van der Waals surface area contributed by atoms with Gasteiger partial charge in [-0.05, 0) is 80.3 Å². The first-order chi connectivity index (χ1) is 39.7. The Morgan fingerprint density at radius 3 is 1.33 bits per heavy atom. The number of nitrogens with one attached hydrogen (secondary N) is 8. The number of primary amides is 1. The molecule has 0 aromatic heterocycles. The summed E-state index contributed by atoms with van der Waals surface area (Å²) < 4.78 is 0.